The monoisotopic (exact) mass is 163 g/mol. The van der Waals surface area contributed by atoms with Gasteiger partial charge in [-0.1, -0.05) is 29.3 Å². The van der Waals surface area contributed by atoms with E-state index in [-0.39, 0.29) is 0 Å². The molecule has 50 valence electrons. The molecule has 1 N–H and O–H groups in total. The van der Waals surface area contributed by atoms with Crippen LogP contribution in [0.5, 0.6) is 0 Å². The predicted molar refractivity (Wildman–Crippen MR) is 40.5 cm³/mol. The molecule has 1 aliphatic rings. The van der Waals surface area contributed by atoms with E-state index in [0.29, 0.717) is 10.2 Å². The molecule has 1 nitrogen and oxygen atoms in total. The standard InChI is InChI=1S/C6H7Cl2N/c1-4-2-3-9-6(8)5(4)7/h2,9H,3H2,1H3. The van der Waals surface area contributed by atoms with E-state index in [9.17, 15) is 0 Å². The Labute approximate surface area is 64.3 Å². The molecule has 1 heterocycles. The summed E-state index contributed by atoms with van der Waals surface area (Å²) in [6.45, 7) is 2.71. The highest BCUT2D eigenvalue weighted by Gasteiger charge is 2.06. The molecule has 0 amide bonds. The van der Waals surface area contributed by atoms with E-state index >= 15 is 0 Å². The highest BCUT2D eigenvalue weighted by molar-refractivity contribution is 6.40. The molecular formula is C6H7Cl2N. The van der Waals surface area contributed by atoms with Gasteiger partial charge < -0.3 is 5.32 Å². The summed E-state index contributed by atoms with van der Waals surface area (Å²) in [6.07, 6.45) is 1.99. The summed E-state index contributed by atoms with van der Waals surface area (Å²) in [5.41, 5.74) is 1.04. The van der Waals surface area contributed by atoms with E-state index in [2.05, 4.69) is 5.32 Å². The van der Waals surface area contributed by atoms with E-state index in [0.717, 1.165) is 12.1 Å². The number of allylic oxidation sites excluding steroid dienone is 2. The predicted octanol–water partition coefficient (Wildman–Crippen LogP) is 2.18. The summed E-state index contributed by atoms with van der Waals surface area (Å²) in [4.78, 5) is 0. The van der Waals surface area contributed by atoms with Crippen LogP contribution in [0.2, 0.25) is 0 Å². The van der Waals surface area contributed by atoms with Crippen molar-refractivity contribution in [3.8, 4) is 0 Å². The quantitative estimate of drug-likeness (QED) is 0.541. The van der Waals surface area contributed by atoms with Crippen molar-refractivity contribution in [2.24, 2.45) is 0 Å². The van der Waals surface area contributed by atoms with E-state index in [1.165, 1.54) is 0 Å². The number of dihydropyridines is 1. The van der Waals surface area contributed by atoms with Crippen LogP contribution in [0.1, 0.15) is 6.92 Å². The van der Waals surface area contributed by atoms with Crippen LogP contribution in [0, 0.1) is 0 Å². The average Bonchev–Trinajstić information content (AvgIpc) is 1.83. The third-order valence-electron chi connectivity index (χ3n) is 1.20. The topological polar surface area (TPSA) is 12.0 Å². The van der Waals surface area contributed by atoms with Crippen molar-refractivity contribution in [2.45, 2.75) is 6.92 Å². The van der Waals surface area contributed by atoms with E-state index < -0.39 is 0 Å². The average molecular weight is 164 g/mol. The van der Waals surface area contributed by atoms with E-state index in [1.54, 1.807) is 0 Å². The van der Waals surface area contributed by atoms with Gasteiger partial charge in [-0.05, 0) is 12.5 Å². The van der Waals surface area contributed by atoms with Crippen LogP contribution >= 0.6 is 23.2 Å². The van der Waals surface area contributed by atoms with Crippen molar-refractivity contribution in [3.05, 3.63) is 21.8 Å². The smallest absolute Gasteiger partial charge is 0.121 e. The lowest BCUT2D eigenvalue weighted by Gasteiger charge is -2.11. The Bertz CT molecular complexity index is 181. The first-order valence-electron chi connectivity index (χ1n) is 2.68. The highest BCUT2D eigenvalue weighted by atomic mass is 35.5. The maximum atomic E-state index is 5.73. The molecule has 0 aromatic rings. The fraction of sp³-hybridized carbons (Fsp3) is 0.333. The first-order chi connectivity index (χ1) is 4.22. The molecule has 0 spiro atoms. The summed E-state index contributed by atoms with van der Waals surface area (Å²) >= 11 is 11.4. The highest BCUT2D eigenvalue weighted by Crippen LogP contribution is 2.22. The minimum Gasteiger partial charge on any atom is -0.371 e. The second-order valence-electron chi connectivity index (χ2n) is 1.90. The second kappa shape index (κ2) is 2.63. The van der Waals surface area contributed by atoms with Gasteiger partial charge >= 0.3 is 0 Å². The van der Waals surface area contributed by atoms with Gasteiger partial charge in [0.15, 0.2) is 0 Å². The Hall–Kier alpha value is -0.140. The zero-order valence-electron chi connectivity index (χ0n) is 5.04. The molecule has 0 unspecified atom stereocenters. The Morgan fingerprint density at radius 2 is 2.22 bits per heavy atom. The lowest BCUT2D eigenvalue weighted by Crippen LogP contribution is -2.14. The zero-order chi connectivity index (χ0) is 6.85. The normalized spacial score (nSPS) is 19.2. The maximum Gasteiger partial charge on any atom is 0.121 e. The molecule has 1 aliphatic heterocycles. The van der Waals surface area contributed by atoms with Gasteiger partial charge in [-0.25, -0.2) is 0 Å². The lowest BCUT2D eigenvalue weighted by molar-refractivity contribution is 0.930. The van der Waals surface area contributed by atoms with Gasteiger partial charge in [0.1, 0.15) is 5.16 Å². The summed E-state index contributed by atoms with van der Waals surface area (Å²) in [6, 6.07) is 0. The molecule has 0 atom stereocenters. The summed E-state index contributed by atoms with van der Waals surface area (Å²) in [5.74, 6) is 0. The summed E-state index contributed by atoms with van der Waals surface area (Å²) in [7, 11) is 0. The van der Waals surface area contributed by atoms with Crippen molar-refractivity contribution in [1.29, 1.82) is 0 Å². The molecular weight excluding hydrogens is 157 g/mol. The molecule has 0 aromatic heterocycles. The summed E-state index contributed by atoms with van der Waals surface area (Å²) in [5, 5.41) is 4.08. The van der Waals surface area contributed by atoms with Gasteiger partial charge in [-0.2, -0.15) is 0 Å². The van der Waals surface area contributed by atoms with Crippen molar-refractivity contribution >= 4 is 23.2 Å². The Morgan fingerprint density at radius 3 is 2.67 bits per heavy atom. The van der Waals surface area contributed by atoms with Crippen molar-refractivity contribution < 1.29 is 0 Å². The molecule has 0 bridgehead atoms. The number of halogens is 2. The van der Waals surface area contributed by atoms with E-state index in [1.807, 2.05) is 13.0 Å². The Morgan fingerprint density at radius 1 is 1.56 bits per heavy atom. The zero-order valence-corrected chi connectivity index (χ0v) is 6.55. The van der Waals surface area contributed by atoms with E-state index in [4.69, 9.17) is 23.2 Å². The number of hydrogen-bond donors (Lipinski definition) is 1. The van der Waals surface area contributed by atoms with Gasteiger partial charge in [0.05, 0.1) is 5.03 Å². The van der Waals surface area contributed by atoms with Gasteiger partial charge in [-0.3, -0.25) is 0 Å². The minimum atomic E-state index is 0.552. The van der Waals surface area contributed by atoms with Crippen LogP contribution in [-0.4, -0.2) is 6.54 Å². The summed E-state index contributed by atoms with van der Waals surface area (Å²) < 4.78 is 0. The maximum absolute atomic E-state index is 5.73. The third kappa shape index (κ3) is 1.41. The van der Waals surface area contributed by atoms with Crippen LogP contribution in [-0.2, 0) is 0 Å². The van der Waals surface area contributed by atoms with Crippen LogP contribution in [0.4, 0.5) is 0 Å². The van der Waals surface area contributed by atoms with Crippen LogP contribution in [0.15, 0.2) is 21.8 Å². The molecule has 0 aliphatic carbocycles. The largest absolute Gasteiger partial charge is 0.371 e. The second-order valence-corrected chi connectivity index (χ2v) is 2.65. The molecule has 0 fully saturated rings. The SMILES string of the molecule is CC1=CCNC(Cl)=C1Cl. The molecule has 9 heavy (non-hydrogen) atoms. The molecule has 3 heteroatoms. The number of rotatable bonds is 0. The molecule has 0 aromatic carbocycles. The first-order valence-corrected chi connectivity index (χ1v) is 3.43. The molecule has 0 radical (unpaired) electrons. The Balaban J connectivity index is 2.88. The first kappa shape index (κ1) is 6.97. The van der Waals surface area contributed by atoms with Gasteiger partial charge in [0.25, 0.3) is 0 Å². The van der Waals surface area contributed by atoms with Crippen molar-refractivity contribution in [3.63, 3.8) is 0 Å². The van der Waals surface area contributed by atoms with Gasteiger partial charge in [0, 0.05) is 6.54 Å². The molecule has 1 rings (SSSR count). The van der Waals surface area contributed by atoms with Crippen LogP contribution in [0.25, 0.3) is 0 Å². The fourth-order valence-electron chi connectivity index (χ4n) is 0.634. The van der Waals surface area contributed by atoms with Gasteiger partial charge in [0.2, 0.25) is 0 Å². The molecule has 0 saturated carbocycles. The number of nitrogens with one attached hydrogen (secondary N) is 1. The van der Waals surface area contributed by atoms with Crippen LogP contribution < -0.4 is 5.32 Å². The van der Waals surface area contributed by atoms with Gasteiger partial charge in [-0.15, -0.1) is 0 Å². The fourth-order valence-corrected chi connectivity index (χ4v) is 1.00. The Kier molecular flexibility index (Phi) is 2.04. The minimum absolute atomic E-state index is 0.552. The van der Waals surface area contributed by atoms with Crippen molar-refractivity contribution in [2.75, 3.05) is 6.54 Å². The molecule has 0 saturated heterocycles. The number of hydrogen-bond acceptors (Lipinski definition) is 1. The van der Waals surface area contributed by atoms with Crippen LogP contribution in [0.3, 0.4) is 0 Å². The van der Waals surface area contributed by atoms with Crippen molar-refractivity contribution in [1.82, 2.24) is 5.32 Å². The third-order valence-corrected chi connectivity index (χ3v) is 2.11. The lowest BCUT2D eigenvalue weighted by atomic mass is 10.2.